The van der Waals surface area contributed by atoms with E-state index >= 15 is 0 Å². The topological polar surface area (TPSA) is 65.1 Å². The summed E-state index contributed by atoms with van der Waals surface area (Å²) in [7, 11) is 0.561. The molecule has 0 unspecified atom stereocenters. The Morgan fingerprint density at radius 3 is 2.13 bits per heavy atom. The molecule has 8 heteroatoms. The second kappa shape index (κ2) is 9.49. The molecule has 1 atom stereocenters. The number of halogens is 1. The number of ether oxygens (including phenoxy) is 3. The van der Waals surface area contributed by atoms with Crippen LogP contribution >= 0.6 is 11.6 Å². The fraction of sp³-hybridized carbons (Fsp3) is 0.217. The lowest BCUT2D eigenvalue weighted by Crippen LogP contribution is -2.33. The van der Waals surface area contributed by atoms with Crippen molar-refractivity contribution < 1.29 is 22.6 Å². The summed E-state index contributed by atoms with van der Waals surface area (Å²) in [5.41, 5.74) is 1.22. The summed E-state index contributed by atoms with van der Waals surface area (Å²) >= 11 is 6.03. The quantitative estimate of drug-likeness (QED) is 0.454. The molecule has 164 valence electrons. The van der Waals surface area contributed by atoms with E-state index in [2.05, 4.69) is 0 Å². The molecule has 0 aliphatic heterocycles. The number of rotatable bonds is 8. The Kier molecular flexibility index (Phi) is 6.97. The summed E-state index contributed by atoms with van der Waals surface area (Å²) in [5.74, 6) is 1.38. The zero-order valence-electron chi connectivity index (χ0n) is 17.7. The van der Waals surface area contributed by atoms with Gasteiger partial charge in [0.1, 0.15) is 5.75 Å². The largest absolute Gasteiger partial charge is 0.497 e. The van der Waals surface area contributed by atoms with Crippen LogP contribution in [-0.2, 0) is 10.0 Å². The van der Waals surface area contributed by atoms with Crippen molar-refractivity contribution in [3.63, 3.8) is 0 Å². The molecule has 0 heterocycles. The Hall–Kier alpha value is -2.90. The molecule has 0 radical (unpaired) electrons. The number of anilines is 1. The van der Waals surface area contributed by atoms with Crippen LogP contribution in [0, 0.1) is 0 Å². The maximum Gasteiger partial charge on any atom is 0.265 e. The highest BCUT2D eigenvalue weighted by atomic mass is 35.5. The van der Waals surface area contributed by atoms with Crippen LogP contribution in [0.25, 0.3) is 0 Å². The van der Waals surface area contributed by atoms with Crippen LogP contribution in [0.1, 0.15) is 18.5 Å². The molecule has 6 nitrogen and oxygen atoms in total. The first kappa shape index (κ1) is 22.8. The Morgan fingerprint density at radius 1 is 0.839 bits per heavy atom. The zero-order chi connectivity index (χ0) is 22.6. The number of methoxy groups -OCH3 is 3. The van der Waals surface area contributed by atoms with Crippen molar-refractivity contribution in [2.24, 2.45) is 0 Å². The first-order chi connectivity index (χ1) is 14.8. The normalized spacial score (nSPS) is 12.2. The van der Waals surface area contributed by atoms with Crippen molar-refractivity contribution in [2.45, 2.75) is 17.9 Å². The first-order valence-electron chi connectivity index (χ1n) is 9.47. The van der Waals surface area contributed by atoms with Crippen molar-refractivity contribution >= 4 is 27.3 Å². The van der Waals surface area contributed by atoms with Crippen LogP contribution in [0.15, 0.2) is 71.6 Å². The van der Waals surface area contributed by atoms with Crippen LogP contribution in [-0.4, -0.2) is 29.7 Å². The van der Waals surface area contributed by atoms with Crippen LogP contribution < -0.4 is 18.5 Å². The summed E-state index contributed by atoms with van der Waals surface area (Å²) in [6.07, 6.45) is 0. The van der Waals surface area contributed by atoms with E-state index in [1.54, 1.807) is 48.5 Å². The second-order valence-electron chi connectivity index (χ2n) is 6.75. The van der Waals surface area contributed by atoms with E-state index in [1.165, 1.54) is 31.7 Å². The number of sulfonamides is 1. The lowest BCUT2D eigenvalue weighted by molar-refractivity contribution is 0.355. The van der Waals surface area contributed by atoms with Gasteiger partial charge in [0.25, 0.3) is 10.0 Å². The highest BCUT2D eigenvalue weighted by molar-refractivity contribution is 7.92. The highest BCUT2D eigenvalue weighted by Gasteiger charge is 2.31. The van der Waals surface area contributed by atoms with Gasteiger partial charge in [0.15, 0.2) is 11.5 Å². The van der Waals surface area contributed by atoms with Gasteiger partial charge >= 0.3 is 0 Å². The molecule has 0 aromatic heterocycles. The van der Waals surface area contributed by atoms with Gasteiger partial charge in [-0.3, -0.25) is 4.31 Å². The summed E-state index contributed by atoms with van der Waals surface area (Å²) in [5, 5.41) is 0.573. The van der Waals surface area contributed by atoms with Crippen LogP contribution in [0.4, 0.5) is 5.69 Å². The third kappa shape index (κ3) is 4.73. The molecule has 0 amide bonds. The van der Waals surface area contributed by atoms with Gasteiger partial charge in [0.05, 0.1) is 38.0 Å². The minimum atomic E-state index is -3.96. The van der Waals surface area contributed by atoms with Gasteiger partial charge < -0.3 is 14.2 Å². The van der Waals surface area contributed by atoms with Crippen molar-refractivity contribution in [2.75, 3.05) is 25.6 Å². The lowest BCUT2D eigenvalue weighted by Gasteiger charge is -2.31. The Morgan fingerprint density at radius 2 is 1.52 bits per heavy atom. The zero-order valence-corrected chi connectivity index (χ0v) is 19.3. The molecule has 3 aromatic carbocycles. The molecular weight excluding hydrogens is 438 g/mol. The number of nitrogens with zero attached hydrogens (tertiary/aromatic N) is 1. The van der Waals surface area contributed by atoms with E-state index in [1.807, 2.05) is 19.1 Å². The van der Waals surface area contributed by atoms with Crippen LogP contribution in [0.3, 0.4) is 0 Å². The molecule has 0 spiro atoms. The minimum absolute atomic E-state index is 0.113. The van der Waals surface area contributed by atoms with E-state index in [-0.39, 0.29) is 4.90 Å². The molecule has 31 heavy (non-hydrogen) atoms. The van der Waals surface area contributed by atoms with E-state index in [0.29, 0.717) is 28.0 Å². The predicted octanol–water partition coefficient (Wildman–Crippen LogP) is 5.32. The molecule has 0 aliphatic rings. The Bertz CT molecular complexity index is 1150. The van der Waals surface area contributed by atoms with E-state index in [9.17, 15) is 8.42 Å². The number of benzene rings is 3. The first-order valence-corrected chi connectivity index (χ1v) is 11.3. The van der Waals surface area contributed by atoms with Crippen molar-refractivity contribution in [3.8, 4) is 17.2 Å². The van der Waals surface area contributed by atoms with Gasteiger partial charge in [-0.05, 0) is 48.9 Å². The molecule has 0 bridgehead atoms. The summed E-state index contributed by atoms with van der Waals surface area (Å²) in [4.78, 5) is 0.113. The van der Waals surface area contributed by atoms with Crippen molar-refractivity contribution in [3.05, 3.63) is 77.3 Å². The average Bonchev–Trinajstić information content (AvgIpc) is 2.79. The van der Waals surface area contributed by atoms with Crippen LogP contribution in [0.5, 0.6) is 17.2 Å². The second-order valence-corrected chi connectivity index (χ2v) is 9.00. The van der Waals surface area contributed by atoms with E-state index in [0.717, 1.165) is 5.56 Å². The third-order valence-electron chi connectivity index (χ3n) is 4.92. The minimum Gasteiger partial charge on any atom is -0.497 e. The van der Waals surface area contributed by atoms with Gasteiger partial charge in [-0.2, -0.15) is 0 Å². The molecule has 0 N–H and O–H groups in total. The van der Waals surface area contributed by atoms with Gasteiger partial charge in [0.2, 0.25) is 0 Å². The Balaban J connectivity index is 2.19. The molecule has 0 saturated heterocycles. The van der Waals surface area contributed by atoms with E-state index < -0.39 is 16.1 Å². The summed E-state index contributed by atoms with van der Waals surface area (Å²) in [6, 6.07) is 17.9. The maximum atomic E-state index is 13.8. The SMILES string of the molecule is COc1cccc(S(=O)(=O)N(c2ccc(OC)c(OC)c2)[C@@H](C)c2ccc(Cl)cc2)c1. The molecule has 0 aliphatic carbocycles. The fourth-order valence-electron chi connectivity index (χ4n) is 3.28. The average molecular weight is 462 g/mol. The summed E-state index contributed by atoms with van der Waals surface area (Å²) in [6.45, 7) is 1.82. The van der Waals surface area contributed by atoms with Crippen molar-refractivity contribution in [1.29, 1.82) is 0 Å². The van der Waals surface area contributed by atoms with Crippen LogP contribution in [0.2, 0.25) is 5.02 Å². The Labute approximate surface area is 188 Å². The monoisotopic (exact) mass is 461 g/mol. The van der Waals surface area contributed by atoms with Gasteiger partial charge in [0, 0.05) is 17.2 Å². The molecule has 0 fully saturated rings. The summed E-state index contributed by atoms with van der Waals surface area (Å²) < 4.78 is 44.9. The lowest BCUT2D eigenvalue weighted by atomic mass is 10.1. The molecular formula is C23H24ClNO5S. The maximum absolute atomic E-state index is 13.8. The highest BCUT2D eigenvalue weighted by Crippen LogP contribution is 2.38. The number of hydrogen-bond acceptors (Lipinski definition) is 5. The number of hydrogen-bond donors (Lipinski definition) is 0. The fourth-order valence-corrected chi connectivity index (χ4v) is 5.08. The van der Waals surface area contributed by atoms with E-state index in [4.69, 9.17) is 25.8 Å². The van der Waals surface area contributed by atoms with Gasteiger partial charge in [-0.15, -0.1) is 0 Å². The molecule has 0 saturated carbocycles. The van der Waals surface area contributed by atoms with Gasteiger partial charge in [-0.1, -0.05) is 29.8 Å². The smallest absolute Gasteiger partial charge is 0.265 e. The van der Waals surface area contributed by atoms with Gasteiger partial charge in [-0.25, -0.2) is 8.42 Å². The van der Waals surface area contributed by atoms with Crippen molar-refractivity contribution in [1.82, 2.24) is 0 Å². The third-order valence-corrected chi connectivity index (χ3v) is 7.07. The molecule has 3 aromatic rings. The molecule has 3 rings (SSSR count). The predicted molar refractivity (Wildman–Crippen MR) is 122 cm³/mol. The standard InChI is InChI=1S/C23H24ClNO5S/c1-16(17-8-10-18(24)11-9-17)25(19-12-13-22(29-3)23(14-19)30-4)31(26,27)21-7-5-6-20(15-21)28-2/h5-16H,1-4H3/t16-/m0/s1.